The fraction of sp³-hybridized carbons (Fsp3) is 0.600. The number of hydrogen-bond donors (Lipinski definition) is 1. The van der Waals surface area contributed by atoms with Crippen LogP contribution in [-0.2, 0) is 0 Å². The van der Waals surface area contributed by atoms with Gasteiger partial charge in [0.25, 0.3) is 0 Å². The molecule has 1 aromatic carbocycles. The van der Waals surface area contributed by atoms with Crippen LogP contribution in [0.3, 0.4) is 0 Å². The van der Waals surface area contributed by atoms with E-state index in [1.54, 1.807) is 7.11 Å². The highest BCUT2D eigenvalue weighted by Crippen LogP contribution is 2.21. The van der Waals surface area contributed by atoms with Gasteiger partial charge in [0, 0.05) is 31.4 Å². The Kier molecular flexibility index (Phi) is 5.99. The van der Waals surface area contributed by atoms with Crippen LogP contribution in [0.25, 0.3) is 0 Å². The molecule has 0 aliphatic rings. The third-order valence-electron chi connectivity index (χ3n) is 3.11. The van der Waals surface area contributed by atoms with Gasteiger partial charge in [0.1, 0.15) is 5.75 Å². The zero-order chi connectivity index (χ0) is 13.5. The molecule has 0 heterocycles. The van der Waals surface area contributed by atoms with Crippen LogP contribution in [0.1, 0.15) is 20.8 Å². The largest absolute Gasteiger partial charge is 0.497 e. The summed E-state index contributed by atoms with van der Waals surface area (Å²) in [6.07, 6.45) is 0. The van der Waals surface area contributed by atoms with Gasteiger partial charge >= 0.3 is 0 Å². The van der Waals surface area contributed by atoms with Crippen molar-refractivity contribution in [3.63, 3.8) is 0 Å². The van der Waals surface area contributed by atoms with Gasteiger partial charge in [-0.2, -0.15) is 0 Å². The fourth-order valence-electron chi connectivity index (χ4n) is 1.80. The Hall–Kier alpha value is -1.22. The number of ether oxygens (including phenoxy) is 1. The third kappa shape index (κ3) is 4.57. The molecular weight excluding hydrogens is 224 g/mol. The fourth-order valence-corrected chi connectivity index (χ4v) is 1.80. The first-order chi connectivity index (χ1) is 8.54. The molecule has 0 saturated carbocycles. The standard InChI is InChI=1S/C15H26N2O/c1-12(2)10-16-11-13(3)17(4)14-7-6-8-15(9-14)18-5/h6-9,12-13,16H,10-11H2,1-5H3. The van der Waals surface area contributed by atoms with Gasteiger partial charge in [0.15, 0.2) is 0 Å². The van der Waals surface area contributed by atoms with Crippen LogP contribution in [0.5, 0.6) is 5.75 Å². The molecule has 1 atom stereocenters. The predicted molar refractivity (Wildman–Crippen MR) is 78.6 cm³/mol. The highest BCUT2D eigenvalue weighted by atomic mass is 16.5. The van der Waals surface area contributed by atoms with E-state index in [0.717, 1.165) is 18.8 Å². The van der Waals surface area contributed by atoms with Crippen LogP contribution in [0.4, 0.5) is 5.69 Å². The number of anilines is 1. The van der Waals surface area contributed by atoms with Gasteiger partial charge in [0.2, 0.25) is 0 Å². The number of rotatable bonds is 7. The minimum absolute atomic E-state index is 0.454. The van der Waals surface area contributed by atoms with Crippen LogP contribution in [-0.4, -0.2) is 33.3 Å². The molecular formula is C15H26N2O. The van der Waals surface area contributed by atoms with Crippen molar-refractivity contribution < 1.29 is 4.74 Å². The lowest BCUT2D eigenvalue weighted by atomic mass is 10.2. The first-order valence-corrected chi connectivity index (χ1v) is 6.62. The zero-order valence-electron chi connectivity index (χ0n) is 12.2. The van der Waals surface area contributed by atoms with E-state index in [4.69, 9.17) is 4.74 Å². The van der Waals surface area contributed by atoms with Gasteiger partial charge in [-0.1, -0.05) is 19.9 Å². The molecule has 1 aromatic rings. The van der Waals surface area contributed by atoms with Crippen LogP contribution in [0, 0.1) is 5.92 Å². The summed E-state index contributed by atoms with van der Waals surface area (Å²) in [5.74, 6) is 1.60. The second-order valence-electron chi connectivity index (χ2n) is 5.21. The lowest BCUT2D eigenvalue weighted by Crippen LogP contribution is -2.39. The monoisotopic (exact) mass is 250 g/mol. The Balaban J connectivity index is 2.53. The smallest absolute Gasteiger partial charge is 0.120 e. The minimum Gasteiger partial charge on any atom is -0.497 e. The van der Waals surface area contributed by atoms with Crippen molar-refractivity contribution in [1.82, 2.24) is 5.32 Å². The predicted octanol–water partition coefficient (Wildman–Crippen LogP) is 2.77. The molecule has 3 nitrogen and oxygen atoms in total. The Morgan fingerprint density at radius 2 is 1.94 bits per heavy atom. The highest BCUT2D eigenvalue weighted by Gasteiger charge is 2.10. The first kappa shape index (κ1) is 14.8. The van der Waals surface area contributed by atoms with Crippen LogP contribution in [0.2, 0.25) is 0 Å². The number of hydrogen-bond acceptors (Lipinski definition) is 3. The van der Waals surface area contributed by atoms with Crippen molar-refractivity contribution >= 4 is 5.69 Å². The van der Waals surface area contributed by atoms with Gasteiger partial charge in [-0.05, 0) is 31.5 Å². The minimum atomic E-state index is 0.454. The number of nitrogens with one attached hydrogen (secondary N) is 1. The van der Waals surface area contributed by atoms with Crippen molar-refractivity contribution in [1.29, 1.82) is 0 Å². The molecule has 1 N–H and O–H groups in total. The molecule has 0 saturated heterocycles. The zero-order valence-corrected chi connectivity index (χ0v) is 12.2. The van der Waals surface area contributed by atoms with Crippen molar-refractivity contribution in [2.75, 3.05) is 32.1 Å². The van der Waals surface area contributed by atoms with Crippen molar-refractivity contribution in [2.24, 2.45) is 5.92 Å². The van der Waals surface area contributed by atoms with E-state index in [9.17, 15) is 0 Å². The van der Waals surface area contributed by atoms with Crippen molar-refractivity contribution in [3.8, 4) is 5.75 Å². The number of methoxy groups -OCH3 is 1. The van der Waals surface area contributed by atoms with E-state index in [-0.39, 0.29) is 0 Å². The van der Waals surface area contributed by atoms with Crippen molar-refractivity contribution in [3.05, 3.63) is 24.3 Å². The van der Waals surface area contributed by atoms with Gasteiger partial charge in [-0.3, -0.25) is 0 Å². The number of nitrogens with zero attached hydrogens (tertiary/aromatic N) is 1. The van der Waals surface area contributed by atoms with E-state index in [1.807, 2.05) is 12.1 Å². The van der Waals surface area contributed by atoms with Gasteiger partial charge in [-0.15, -0.1) is 0 Å². The second kappa shape index (κ2) is 7.27. The molecule has 3 heteroatoms. The average Bonchev–Trinajstić information content (AvgIpc) is 2.37. The lowest BCUT2D eigenvalue weighted by Gasteiger charge is -2.28. The van der Waals surface area contributed by atoms with E-state index < -0.39 is 0 Å². The third-order valence-corrected chi connectivity index (χ3v) is 3.11. The second-order valence-corrected chi connectivity index (χ2v) is 5.21. The number of benzene rings is 1. The Bertz CT molecular complexity index is 352. The lowest BCUT2D eigenvalue weighted by molar-refractivity contribution is 0.414. The summed E-state index contributed by atoms with van der Waals surface area (Å²) in [5.41, 5.74) is 1.19. The van der Waals surface area contributed by atoms with Gasteiger partial charge in [-0.25, -0.2) is 0 Å². The van der Waals surface area contributed by atoms with E-state index in [0.29, 0.717) is 12.0 Å². The quantitative estimate of drug-likeness (QED) is 0.805. The molecule has 1 unspecified atom stereocenters. The molecule has 0 radical (unpaired) electrons. The summed E-state index contributed by atoms with van der Waals surface area (Å²) in [6.45, 7) is 8.74. The molecule has 0 spiro atoms. The molecule has 0 amide bonds. The molecule has 0 bridgehead atoms. The molecule has 1 rings (SSSR count). The Labute approximate surface area is 111 Å². The summed E-state index contributed by atoms with van der Waals surface area (Å²) in [7, 11) is 3.82. The maximum atomic E-state index is 5.26. The van der Waals surface area contributed by atoms with Gasteiger partial charge < -0.3 is 15.0 Å². The summed E-state index contributed by atoms with van der Waals surface area (Å²) < 4.78 is 5.26. The van der Waals surface area contributed by atoms with Crippen LogP contribution >= 0.6 is 0 Å². The normalized spacial score (nSPS) is 12.6. The molecule has 0 aliphatic heterocycles. The maximum Gasteiger partial charge on any atom is 0.120 e. The van der Waals surface area contributed by atoms with Gasteiger partial charge in [0.05, 0.1) is 7.11 Å². The van der Waals surface area contributed by atoms with E-state index in [1.165, 1.54) is 5.69 Å². The summed E-state index contributed by atoms with van der Waals surface area (Å²) >= 11 is 0. The summed E-state index contributed by atoms with van der Waals surface area (Å²) in [6, 6.07) is 8.63. The molecule has 102 valence electrons. The molecule has 18 heavy (non-hydrogen) atoms. The van der Waals surface area contributed by atoms with E-state index in [2.05, 4.69) is 50.2 Å². The van der Waals surface area contributed by atoms with Crippen LogP contribution < -0.4 is 15.0 Å². The molecule has 0 aromatic heterocycles. The maximum absolute atomic E-state index is 5.26. The molecule has 0 fully saturated rings. The molecule has 0 aliphatic carbocycles. The average molecular weight is 250 g/mol. The van der Waals surface area contributed by atoms with E-state index >= 15 is 0 Å². The van der Waals surface area contributed by atoms with Crippen LogP contribution in [0.15, 0.2) is 24.3 Å². The number of likely N-dealkylation sites (N-methyl/N-ethyl adjacent to an activating group) is 1. The summed E-state index contributed by atoms with van der Waals surface area (Å²) in [4.78, 5) is 2.27. The topological polar surface area (TPSA) is 24.5 Å². The SMILES string of the molecule is COc1cccc(N(C)C(C)CNCC(C)C)c1. The first-order valence-electron chi connectivity index (χ1n) is 6.62. The summed E-state index contributed by atoms with van der Waals surface area (Å²) in [5, 5.41) is 3.49. The Morgan fingerprint density at radius 1 is 1.22 bits per heavy atom. The van der Waals surface area contributed by atoms with Crippen molar-refractivity contribution in [2.45, 2.75) is 26.8 Å². The Morgan fingerprint density at radius 3 is 2.56 bits per heavy atom. The highest BCUT2D eigenvalue weighted by molar-refractivity contribution is 5.50.